The van der Waals surface area contributed by atoms with E-state index in [1.807, 2.05) is 0 Å². The molecule has 150 valence electrons. The molecule has 0 atom stereocenters. The van der Waals surface area contributed by atoms with Crippen LogP contribution in [0.3, 0.4) is 0 Å². The lowest BCUT2D eigenvalue weighted by molar-refractivity contribution is -0.137. The Kier molecular flexibility index (Phi) is 5.67. The number of rotatable bonds is 5. The second kappa shape index (κ2) is 8.17. The van der Waals surface area contributed by atoms with E-state index in [0.29, 0.717) is 16.8 Å². The van der Waals surface area contributed by atoms with Crippen molar-refractivity contribution in [3.05, 3.63) is 83.2 Å². The number of nitrogens with zero attached hydrogens (tertiary/aromatic N) is 2. The third-order valence-corrected chi connectivity index (χ3v) is 4.10. The Bertz CT molecular complexity index is 1040. The Morgan fingerprint density at radius 1 is 1.14 bits per heavy atom. The van der Waals surface area contributed by atoms with Crippen LogP contribution in [-0.4, -0.2) is 28.8 Å². The van der Waals surface area contributed by atoms with Crippen molar-refractivity contribution in [2.75, 3.05) is 12.4 Å². The predicted molar refractivity (Wildman–Crippen MR) is 98.5 cm³/mol. The fourth-order valence-corrected chi connectivity index (χ4v) is 2.70. The minimum Gasteiger partial charge on any atom is -0.465 e. The number of aromatic nitrogens is 2. The quantitative estimate of drug-likeness (QED) is 0.654. The van der Waals surface area contributed by atoms with E-state index >= 15 is 0 Å². The van der Waals surface area contributed by atoms with Crippen molar-refractivity contribution in [2.24, 2.45) is 0 Å². The molecule has 0 aliphatic carbocycles. The van der Waals surface area contributed by atoms with Gasteiger partial charge in [0.15, 0.2) is 0 Å². The van der Waals surface area contributed by atoms with E-state index in [1.54, 1.807) is 24.3 Å². The van der Waals surface area contributed by atoms with Crippen LogP contribution in [0.4, 0.5) is 18.9 Å². The van der Waals surface area contributed by atoms with Crippen molar-refractivity contribution in [1.82, 2.24) is 9.78 Å². The Morgan fingerprint density at radius 2 is 1.90 bits per heavy atom. The summed E-state index contributed by atoms with van der Waals surface area (Å²) in [5, 5.41) is 6.62. The van der Waals surface area contributed by atoms with E-state index in [2.05, 4.69) is 10.4 Å². The SMILES string of the molecule is COC(=O)c1ccccc1Cn1cc(NC(=O)c2cccc(C(F)(F)F)c2)cn1. The number of nitrogens with one attached hydrogen (secondary N) is 1. The standard InChI is InChI=1S/C20H16F3N3O3/c1-29-19(28)17-8-3-2-5-14(17)11-26-12-16(10-24-26)25-18(27)13-6-4-7-15(9-13)20(21,22)23/h2-10,12H,11H2,1H3,(H,25,27). The van der Waals surface area contributed by atoms with E-state index in [4.69, 9.17) is 4.74 Å². The molecule has 0 aliphatic heterocycles. The molecule has 0 bridgehead atoms. The summed E-state index contributed by atoms with van der Waals surface area (Å²) in [6, 6.07) is 11.0. The minimum absolute atomic E-state index is 0.122. The first-order valence-electron chi connectivity index (χ1n) is 8.45. The molecule has 9 heteroatoms. The lowest BCUT2D eigenvalue weighted by atomic mass is 10.1. The number of amides is 1. The molecule has 0 radical (unpaired) electrons. The fourth-order valence-electron chi connectivity index (χ4n) is 2.70. The van der Waals surface area contributed by atoms with Crippen LogP contribution in [0.1, 0.15) is 31.8 Å². The first-order chi connectivity index (χ1) is 13.8. The van der Waals surface area contributed by atoms with Crippen LogP contribution < -0.4 is 5.32 Å². The monoisotopic (exact) mass is 403 g/mol. The number of halogens is 3. The maximum atomic E-state index is 12.8. The highest BCUT2D eigenvalue weighted by molar-refractivity contribution is 6.04. The van der Waals surface area contributed by atoms with Crippen molar-refractivity contribution in [3.63, 3.8) is 0 Å². The van der Waals surface area contributed by atoms with Crippen molar-refractivity contribution in [2.45, 2.75) is 12.7 Å². The van der Waals surface area contributed by atoms with Crippen LogP contribution in [0, 0.1) is 0 Å². The molecule has 1 aromatic heterocycles. The number of carbonyl (C=O) groups excluding carboxylic acids is 2. The zero-order valence-corrected chi connectivity index (χ0v) is 15.2. The lowest BCUT2D eigenvalue weighted by Gasteiger charge is -2.09. The molecular formula is C20H16F3N3O3. The van der Waals surface area contributed by atoms with E-state index in [1.165, 1.54) is 36.3 Å². The number of hydrogen-bond acceptors (Lipinski definition) is 4. The number of esters is 1. The molecule has 0 saturated carbocycles. The van der Waals surface area contributed by atoms with Gasteiger partial charge in [0.2, 0.25) is 0 Å². The summed E-state index contributed by atoms with van der Waals surface area (Å²) < 4.78 is 44.7. The summed E-state index contributed by atoms with van der Waals surface area (Å²) in [6.07, 6.45) is -1.65. The number of ether oxygens (including phenoxy) is 1. The molecule has 0 aliphatic rings. The predicted octanol–water partition coefficient (Wildman–Crippen LogP) is 3.99. The average molecular weight is 403 g/mol. The second-order valence-electron chi connectivity index (χ2n) is 6.11. The number of anilines is 1. The highest BCUT2D eigenvalue weighted by Crippen LogP contribution is 2.29. The fraction of sp³-hybridized carbons (Fsp3) is 0.150. The van der Waals surface area contributed by atoms with Gasteiger partial charge in [-0.3, -0.25) is 9.48 Å². The van der Waals surface area contributed by atoms with Gasteiger partial charge in [0.1, 0.15) is 0 Å². The third kappa shape index (κ3) is 4.81. The van der Waals surface area contributed by atoms with Gasteiger partial charge in [0.05, 0.1) is 36.7 Å². The average Bonchev–Trinajstić information content (AvgIpc) is 3.14. The molecule has 0 unspecified atom stereocenters. The second-order valence-corrected chi connectivity index (χ2v) is 6.11. The highest BCUT2D eigenvalue weighted by Gasteiger charge is 2.30. The lowest BCUT2D eigenvalue weighted by Crippen LogP contribution is -2.13. The molecule has 3 rings (SSSR count). The summed E-state index contributed by atoms with van der Waals surface area (Å²) in [6.45, 7) is 0.241. The summed E-state index contributed by atoms with van der Waals surface area (Å²) in [4.78, 5) is 24.1. The number of benzene rings is 2. The molecule has 29 heavy (non-hydrogen) atoms. The van der Waals surface area contributed by atoms with Crippen molar-refractivity contribution >= 4 is 17.6 Å². The molecule has 1 N–H and O–H groups in total. The van der Waals surface area contributed by atoms with Crippen LogP contribution >= 0.6 is 0 Å². The Morgan fingerprint density at radius 3 is 2.62 bits per heavy atom. The van der Waals surface area contributed by atoms with Crippen LogP contribution in [0.15, 0.2) is 60.9 Å². The molecular weight excluding hydrogens is 387 g/mol. The molecule has 0 saturated heterocycles. The third-order valence-electron chi connectivity index (χ3n) is 4.10. The highest BCUT2D eigenvalue weighted by atomic mass is 19.4. The molecule has 6 nitrogen and oxygen atoms in total. The number of methoxy groups -OCH3 is 1. The number of alkyl halides is 3. The zero-order valence-electron chi connectivity index (χ0n) is 15.2. The van der Waals surface area contributed by atoms with Gasteiger partial charge in [-0.1, -0.05) is 24.3 Å². The van der Waals surface area contributed by atoms with Crippen LogP contribution in [0.25, 0.3) is 0 Å². The Labute approximate surface area is 163 Å². The van der Waals surface area contributed by atoms with Crippen molar-refractivity contribution < 1.29 is 27.5 Å². The molecule has 0 fully saturated rings. The summed E-state index contributed by atoms with van der Waals surface area (Å²) in [5.41, 5.74) is 0.338. The minimum atomic E-state index is -4.53. The first kappa shape index (κ1) is 20.1. The van der Waals surface area contributed by atoms with Gasteiger partial charge in [0.25, 0.3) is 5.91 Å². The maximum Gasteiger partial charge on any atom is 0.416 e. The van der Waals surface area contributed by atoms with Gasteiger partial charge < -0.3 is 10.1 Å². The van der Waals surface area contributed by atoms with Crippen LogP contribution in [0.2, 0.25) is 0 Å². The van der Waals surface area contributed by atoms with Gasteiger partial charge in [-0.2, -0.15) is 18.3 Å². The van der Waals surface area contributed by atoms with E-state index in [9.17, 15) is 22.8 Å². The summed E-state index contributed by atoms with van der Waals surface area (Å²) in [7, 11) is 1.29. The van der Waals surface area contributed by atoms with Gasteiger partial charge >= 0.3 is 12.1 Å². The number of carbonyl (C=O) groups is 2. The maximum absolute atomic E-state index is 12.8. The molecule has 1 amide bonds. The van der Waals surface area contributed by atoms with E-state index < -0.39 is 23.6 Å². The smallest absolute Gasteiger partial charge is 0.416 e. The van der Waals surface area contributed by atoms with Crippen molar-refractivity contribution in [1.29, 1.82) is 0 Å². The Hall–Kier alpha value is -3.62. The van der Waals surface area contributed by atoms with Crippen LogP contribution in [0.5, 0.6) is 0 Å². The van der Waals surface area contributed by atoms with Gasteiger partial charge in [0, 0.05) is 11.8 Å². The largest absolute Gasteiger partial charge is 0.465 e. The molecule has 0 spiro atoms. The normalized spacial score (nSPS) is 11.2. The topological polar surface area (TPSA) is 73.2 Å². The Balaban J connectivity index is 1.73. The van der Waals surface area contributed by atoms with Crippen molar-refractivity contribution in [3.8, 4) is 0 Å². The molecule has 1 heterocycles. The first-order valence-corrected chi connectivity index (χ1v) is 8.45. The summed E-state index contributed by atoms with van der Waals surface area (Å²) in [5.74, 6) is -1.17. The van der Waals surface area contributed by atoms with Crippen LogP contribution in [-0.2, 0) is 17.5 Å². The zero-order chi connectivity index (χ0) is 21.0. The molecule has 3 aromatic rings. The van der Waals surface area contributed by atoms with Gasteiger partial charge in [-0.05, 0) is 29.8 Å². The van der Waals surface area contributed by atoms with Gasteiger partial charge in [-0.25, -0.2) is 4.79 Å². The van der Waals surface area contributed by atoms with Gasteiger partial charge in [-0.15, -0.1) is 0 Å². The molecule has 2 aromatic carbocycles. The summed E-state index contributed by atoms with van der Waals surface area (Å²) >= 11 is 0. The number of hydrogen-bond donors (Lipinski definition) is 1. The van der Waals surface area contributed by atoms with E-state index in [-0.39, 0.29) is 12.1 Å². The van der Waals surface area contributed by atoms with E-state index in [0.717, 1.165) is 12.1 Å².